The van der Waals surface area contributed by atoms with Crippen molar-refractivity contribution in [3.8, 4) is 0 Å². The summed E-state index contributed by atoms with van der Waals surface area (Å²) >= 11 is 3.37. The van der Waals surface area contributed by atoms with E-state index < -0.39 is 6.03 Å². The number of halogens is 1. The Bertz CT molecular complexity index is 739. The lowest BCUT2D eigenvalue weighted by molar-refractivity contribution is -0.116. The van der Waals surface area contributed by atoms with Gasteiger partial charge in [0, 0.05) is 4.47 Å². The van der Waals surface area contributed by atoms with Crippen LogP contribution in [0.2, 0.25) is 0 Å². The van der Waals surface area contributed by atoms with Crippen LogP contribution in [0.3, 0.4) is 0 Å². The molecular weight excluding hydrogens is 344 g/mol. The van der Waals surface area contributed by atoms with Gasteiger partial charge in [-0.2, -0.15) is 0 Å². The summed E-state index contributed by atoms with van der Waals surface area (Å²) in [5.74, 6) is -0.371. The Hall–Kier alpha value is -2.40. The van der Waals surface area contributed by atoms with Crippen LogP contribution in [-0.2, 0) is 11.3 Å². The number of carbonyl (C=O) groups is 2. The Balaban J connectivity index is 1.91. The molecule has 0 aliphatic carbocycles. The highest BCUT2D eigenvalue weighted by Gasteiger charge is 2.32. The van der Waals surface area contributed by atoms with Crippen molar-refractivity contribution in [3.05, 3.63) is 75.9 Å². The monoisotopic (exact) mass is 356 g/mol. The molecule has 1 N–H and O–H groups in total. The minimum atomic E-state index is -0.391. The zero-order chi connectivity index (χ0) is 15.5. The second-order valence-electron chi connectivity index (χ2n) is 4.91. The van der Waals surface area contributed by atoms with Crippen molar-refractivity contribution < 1.29 is 9.59 Å². The van der Waals surface area contributed by atoms with Gasteiger partial charge in [-0.15, -0.1) is 0 Å². The van der Waals surface area contributed by atoms with Gasteiger partial charge in [-0.05, 0) is 29.3 Å². The topological polar surface area (TPSA) is 49.4 Å². The summed E-state index contributed by atoms with van der Waals surface area (Å²) in [5, 5.41) is 2.34. The number of rotatable bonds is 3. The molecule has 3 amide bonds. The van der Waals surface area contributed by atoms with E-state index in [1.807, 2.05) is 54.6 Å². The summed E-state index contributed by atoms with van der Waals surface area (Å²) in [6, 6.07) is 16.7. The van der Waals surface area contributed by atoms with Crippen LogP contribution in [0.4, 0.5) is 4.79 Å². The molecule has 0 spiro atoms. The normalized spacial score (nSPS) is 16.2. The Morgan fingerprint density at radius 1 is 1.00 bits per heavy atom. The van der Waals surface area contributed by atoms with Crippen LogP contribution in [0.5, 0.6) is 0 Å². The molecule has 0 atom stereocenters. The van der Waals surface area contributed by atoms with Gasteiger partial charge in [-0.3, -0.25) is 15.0 Å². The quantitative estimate of drug-likeness (QED) is 0.675. The standard InChI is InChI=1S/C17H13BrN2O2/c18-14-8-6-12(7-9-14)10-15-16(21)19-17(22)20(15)11-13-4-2-1-3-5-13/h1-10H,11H2,(H,19,21,22). The molecule has 0 aromatic heterocycles. The highest BCUT2D eigenvalue weighted by Crippen LogP contribution is 2.20. The molecule has 1 fully saturated rings. The number of benzene rings is 2. The van der Waals surface area contributed by atoms with Gasteiger partial charge in [0.15, 0.2) is 0 Å². The molecular formula is C17H13BrN2O2. The smallest absolute Gasteiger partial charge is 0.284 e. The van der Waals surface area contributed by atoms with E-state index >= 15 is 0 Å². The van der Waals surface area contributed by atoms with E-state index in [2.05, 4.69) is 21.2 Å². The first-order chi connectivity index (χ1) is 10.6. The fourth-order valence-corrected chi connectivity index (χ4v) is 2.51. The van der Waals surface area contributed by atoms with Crippen molar-refractivity contribution in [2.24, 2.45) is 0 Å². The Morgan fingerprint density at radius 2 is 1.68 bits per heavy atom. The SMILES string of the molecule is O=C1NC(=O)N(Cc2ccccc2)C1=Cc1ccc(Br)cc1. The van der Waals surface area contributed by atoms with E-state index in [4.69, 9.17) is 0 Å². The fourth-order valence-electron chi connectivity index (χ4n) is 2.24. The molecule has 3 rings (SSSR count). The highest BCUT2D eigenvalue weighted by molar-refractivity contribution is 9.10. The number of urea groups is 1. The van der Waals surface area contributed by atoms with Crippen LogP contribution in [0.15, 0.2) is 64.8 Å². The number of hydrogen-bond acceptors (Lipinski definition) is 2. The number of nitrogens with one attached hydrogen (secondary N) is 1. The fraction of sp³-hybridized carbons (Fsp3) is 0.0588. The molecule has 110 valence electrons. The second kappa shape index (κ2) is 6.15. The first-order valence-corrected chi connectivity index (χ1v) is 7.57. The van der Waals surface area contributed by atoms with E-state index in [0.29, 0.717) is 12.2 Å². The predicted molar refractivity (Wildman–Crippen MR) is 87.6 cm³/mol. The van der Waals surface area contributed by atoms with Crippen LogP contribution < -0.4 is 5.32 Å². The first kappa shape index (κ1) is 14.5. The lowest BCUT2D eigenvalue weighted by atomic mass is 10.1. The first-order valence-electron chi connectivity index (χ1n) is 6.77. The minimum absolute atomic E-state index is 0.358. The molecule has 0 saturated carbocycles. The molecule has 0 radical (unpaired) electrons. The Morgan fingerprint density at radius 3 is 2.36 bits per heavy atom. The largest absolute Gasteiger partial charge is 0.329 e. The molecule has 5 heteroatoms. The van der Waals surface area contributed by atoms with Crippen molar-refractivity contribution in [3.63, 3.8) is 0 Å². The second-order valence-corrected chi connectivity index (χ2v) is 5.83. The maximum absolute atomic E-state index is 12.0. The van der Waals surface area contributed by atoms with Crippen LogP contribution >= 0.6 is 15.9 Å². The summed E-state index contributed by atoms with van der Waals surface area (Å²) in [6.45, 7) is 0.362. The van der Waals surface area contributed by atoms with Gasteiger partial charge in [0.2, 0.25) is 0 Å². The van der Waals surface area contributed by atoms with Crippen molar-refractivity contribution in [2.75, 3.05) is 0 Å². The zero-order valence-electron chi connectivity index (χ0n) is 11.6. The van der Waals surface area contributed by atoms with Crippen molar-refractivity contribution in [1.82, 2.24) is 10.2 Å². The Labute approximate surface area is 136 Å². The van der Waals surface area contributed by atoms with E-state index in [-0.39, 0.29) is 5.91 Å². The minimum Gasteiger partial charge on any atom is -0.284 e. The molecule has 1 aliphatic heterocycles. The summed E-state index contributed by atoms with van der Waals surface area (Å²) < 4.78 is 0.961. The maximum Gasteiger partial charge on any atom is 0.329 e. The molecule has 1 heterocycles. The summed E-state index contributed by atoms with van der Waals surface area (Å²) in [4.78, 5) is 25.5. The molecule has 1 saturated heterocycles. The van der Waals surface area contributed by atoms with E-state index in [1.165, 1.54) is 4.90 Å². The third kappa shape index (κ3) is 3.09. The van der Waals surface area contributed by atoms with Crippen LogP contribution in [0, 0.1) is 0 Å². The van der Waals surface area contributed by atoms with Gasteiger partial charge in [0.05, 0.1) is 6.54 Å². The van der Waals surface area contributed by atoms with Gasteiger partial charge in [0.25, 0.3) is 5.91 Å². The average molecular weight is 357 g/mol. The highest BCUT2D eigenvalue weighted by atomic mass is 79.9. The van der Waals surface area contributed by atoms with E-state index in [0.717, 1.165) is 15.6 Å². The third-order valence-electron chi connectivity index (χ3n) is 3.35. The van der Waals surface area contributed by atoms with Crippen LogP contribution in [0.1, 0.15) is 11.1 Å². The van der Waals surface area contributed by atoms with Crippen LogP contribution in [0.25, 0.3) is 6.08 Å². The van der Waals surface area contributed by atoms with Crippen molar-refractivity contribution in [2.45, 2.75) is 6.54 Å². The zero-order valence-corrected chi connectivity index (χ0v) is 13.2. The molecule has 22 heavy (non-hydrogen) atoms. The Kier molecular flexibility index (Phi) is 4.06. The number of hydrogen-bond donors (Lipinski definition) is 1. The van der Waals surface area contributed by atoms with Crippen LogP contribution in [-0.4, -0.2) is 16.8 Å². The van der Waals surface area contributed by atoms with Crippen molar-refractivity contribution >= 4 is 33.9 Å². The summed E-state index contributed by atoms with van der Waals surface area (Å²) in [6.07, 6.45) is 1.72. The van der Waals surface area contributed by atoms with E-state index in [9.17, 15) is 9.59 Å². The molecule has 1 aliphatic rings. The summed E-state index contributed by atoms with van der Waals surface area (Å²) in [7, 11) is 0. The van der Waals surface area contributed by atoms with Gasteiger partial charge in [0.1, 0.15) is 5.70 Å². The predicted octanol–water partition coefficient (Wildman–Crippen LogP) is 3.54. The number of imide groups is 1. The van der Waals surface area contributed by atoms with Gasteiger partial charge in [-0.1, -0.05) is 58.4 Å². The van der Waals surface area contributed by atoms with Gasteiger partial charge >= 0.3 is 6.03 Å². The molecule has 0 bridgehead atoms. The summed E-state index contributed by atoms with van der Waals surface area (Å²) in [5.41, 5.74) is 2.19. The number of carbonyl (C=O) groups excluding carboxylic acids is 2. The number of amides is 3. The van der Waals surface area contributed by atoms with E-state index in [1.54, 1.807) is 6.08 Å². The van der Waals surface area contributed by atoms with Gasteiger partial charge < -0.3 is 0 Å². The molecule has 2 aromatic carbocycles. The lowest BCUT2D eigenvalue weighted by Crippen LogP contribution is -2.27. The molecule has 4 nitrogen and oxygen atoms in total. The number of nitrogens with zero attached hydrogens (tertiary/aromatic N) is 1. The maximum atomic E-state index is 12.0. The lowest BCUT2D eigenvalue weighted by Gasteiger charge is -2.15. The molecule has 0 unspecified atom stereocenters. The van der Waals surface area contributed by atoms with Crippen molar-refractivity contribution in [1.29, 1.82) is 0 Å². The average Bonchev–Trinajstić information content (AvgIpc) is 2.77. The molecule has 2 aromatic rings. The third-order valence-corrected chi connectivity index (χ3v) is 3.87. The van der Waals surface area contributed by atoms with Gasteiger partial charge in [-0.25, -0.2) is 4.79 Å².